The van der Waals surface area contributed by atoms with Crippen molar-refractivity contribution in [2.75, 3.05) is 19.6 Å². The molecule has 1 heteroatoms. The van der Waals surface area contributed by atoms with Crippen LogP contribution in [0.1, 0.15) is 175 Å². The van der Waals surface area contributed by atoms with Gasteiger partial charge in [0.15, 0.2) is 0 Å². The zero-order chi connectivity index (χ0) is 23.5. The van der Waals surface area contributed by atoms with Crippen molar-refractivity contribution in [3.05, 3.63) is 0 Å². The van der Waals surface area contributed by atoms with Gasteiger partial charge < -0.3 is 4.90 Å². The van der Waals surface area contributed by atoms with Crippen LogP contribution in [0.3, 0.4) is 0 Å². The van der Waals surface area contributed by atoms with E-state index in [1.54, 1.807) is 0 Å². The van der Waals surface area contributed by atoms with Crippen LogP contribution in [-0.4, -0.2) is 24.5 Å². The molecule has 0 aromatic heterocycles. The zero-order valence-corrected chi connectivity index (χ0v) is 23.4. The Hall–Kier alpha value is -0.0400. The lowest BCUT2D eigenvalue weighted by molar-refractivity contribution is 0.254. The molecule has 0 fully saturated rings. The quantitative estimate of drug-likeness (QED) is 0.112. The highest BCUT2D eigenvalue weighted by Gasteiger charge is 2.05. The third-order valence-electron chi connectivity index (χ3n) is 7.16. The van der Waals surface area contributed by atoms with Gasteiger partial charge in [-0.25, -0.2) is 0 Å². The average molecular weight is 452 g/mol. The molecule has 0 unspecified atom stereocenters. The van der Waals surface area contributed by atoms with Crippen molar-refractivity contribution < 1.29 is 0 Å². The first kappa shape index (κ1) is 32.0. The van der Waals surface area contributed by atoms with Gasteiger partial charge in [-0.3, -0.25) is 0 Å². The lowest BCUT2D eigenvalue weighted by Crippen LogP contribution is -2.27. The van der Waals surface area contributed by atoms with E-state index in [1.807, 2.05) is 0 Å². The first-order valence-electron chi connectivity index (χ1n) is 15.4. The van der Waals surface area contributed by atoms with Crippen molar-refractivity contribution in [1.29, 1.82) is 0 Å². The van der Waals surface area contributed by atoms with E-state index in [9.17, 15) is 0 Å². The highest BCUT2D eigenvalue weighted by atomic mass is 15.1. The molecule has 0 aliphatic heterocycles. The standard InChI is InChI=1S/C31H65N/c1-5-7-9-11-16-20-24-28-32(29-25-21-17-12-10-8-6-2)30-26-22-18-14-13-15-19-23-27-31(3)4/h31H,5-30H2,1-4H3. The van der Waals surface area contributed by atoms with Crippen LogP contribution in [0.25, 0.3) is 0 Å². The summed E-state index contributed by atoms with van der Waals surface area (Å²) in [6.45, 7) is 13.4. The Kier molecular flexibility index (Phi) is 27.2. The predicted octanol–water partition coefficient (Wildman–Crippen LogP) is 11.0. The number of rotatable bonds is 27. The number of unbranched alkanes of at least 4 members (excludes halogenated alkanes) is 19. The number of hydrogen-bond donors (Lipinski definition) is 0. The Morgan fingerprint density at radius 3 is 0.969 bits per heavy atom. The summed E-state index contributed by atoms with van der Waals surface area (Å²) in [5.74, 6) is 0.889. The average Bonchev–Trinajstić information content (AvgIpc) is 2.78. The molecule has 0 aromatic rings. The molecule has 0 rings (SSSR count). The van der Waals surface area contributed by atoms with Gasteiger partial charge in [-0.05, 0) is 44.8 Å². The minimum Gasteiger partial charge on any atom is -0.303 e. The van der Waals surface area contributed by atoms with E-state index in [4.69, 9.17) is 0 Å². The summed E-state index contributed by atoms with van der Waals surface area (Å²) < 4.78 is 0. The molecule has 0 spiro atoms. The summed E-state index contributed by atoms with van der Waals surface area (Å²) in [6.07, 6.45) is 33.2. The molecule has 0 aromatic carbocycles. The maximum Gasteiger partial charge on any atom is -0.00187 e. The summed E-state index contributed by atoms with van der Waals surface area (Å²) in [6, 6.07) is 0. The number of nitrogens with zero attached hydrogens (tertiary/aromatic N) is 1. The molecule has 0 aliphatic carbocycles. The second-order valence-electron chi connectivity index (χ2n) is 11.1. The van der Waals surface area contributed by atoms with Gasteiger partial charge in [0.1, 0.15) is 0 Å². The summed E-state index contributed by atoms with van der Waals surface area (Å²) in [7, 11) is 0. The van der Waals surface area contributed by atoms with E-state index in [0.29, 0.717) is 0 Å². The molecule has 0 atom stereocenters. The molecule has 0 bridgehead atoms. The van der Waals surface area contributed by atoms with E-state index in [1.165, 1.54) is 167 Å². The largest absolute Gasteiger partial charge is 0.303 e. The first-order valence-corrected chi connectivity index (χ1v) is 15.4. The molecule has 0 aliphatic rings. The predicted molar refractivity (Wildman–Crippen MR) is 149 cm³/mol. The molecule has 32 heavy (non-hydrogen) atoms. The lowest BCUT2D eigenvalue weighted by atomic mass is 10.0. The zero-order valence-electron chi connectivity index (χ0n) is 23.4. The van der Waals surface area contributed by atoms with Crippen molar-refractivity contribution in [3.8, 4) is 0 Å². The highest BCUT2D eigenvalue weighted by Crippen LogP contribution is 2.14. The fraction of sp³-hybridized carbons (Fsp3) is 1.00. The molecule has 0 radical (unpaired) electrons. The third kappa shape index (κ3) is 26.2. The van der Waals surface area contributed by atoms with E-state index < -0.39 is 0 Å². The van der Waals surface area contributed by atoms with Crippen molar-refractivity contribution in [1.82, 2.24) is 4.90 Å². The minimum atomic E-state index is 0.889. The van der Waals surface area contributed by atoms with Crippen molar-refractivity contribution in [2.45, 2.75) is 175 Å². The van der Waals surface area contributed by atoms with Gasteiger partial charge in [0.2, 0.25) is 0 Å². The summed E-state index contributed by atoms with van der Waals surface area (Å²) >= 11 is 0. The molecule has 0 heterocycles. The van der Waals surface area contributed by atoms with Gasteiger partial charge >= 0.3 is 0 Å². The molecular weight excluding hydrogens is 386 g/mol. The van der Waals surface area contributed by atoms with Crippen LogP contribution in [-0.2, 0) is 0 Å². The second kappa shape index (κ2) is 27.2. The van der Waals surface area contributed by atoms with Gasteiger partial charge in [-0.2, -0.15) is 0 Å². The van der Waals surface area contributed by atoms with E-state index in [-0.39, 0.29) is 0 Å². The molecular formula is C31H65N. The van der Waals surface area contributed by atoms with E-state index >= 15 is 0 Å². The Labute approximate surface area is 205 Å². The lowest BCUT2D eigenvalue weighted by Gasteiger charge is -2.22. The fourth-order valence-electron chi connectivity index (χ4n) is 4.87. The second-order valence-corrected chi connectivity index (χ2v) is 11.1. The van der Waals surface area contributed by atoms with Crippen LogP contribution in [0.4, 0.5) is 0 Å². The van der Waals surface area contributed by atoms with E-state index in [2.05, 4.69) is 32.6 Å². The van der Waals surface area contributed by atoms with Gasteiger partial charge in [0.05, 0.1) is 0 Å². The van der Waals surface area contributed by atoms with Crippen LogP contribution in [0.2, 0.25) is 0 Å². The summed E-state index contributed by atoms with van der Waals surface area (Å²) in [4.78, 5) is 2.82. The molecule has 0 N–H and O–H groups in total. The van der Waals surface area contributed by atoms with Gasteiger partial charge in [-0.15, -0.1) is 0 Å². The van der Waals surface area contributed by atoms with Gasteiger partial charge in [0, 0.05) is 0 Å². The van der Waals surface area contributed by atoms with Crippen LogP contribution in [0.15, 0.2) is 0 Å². The summed E-state index contributed by atoms with van der Waals surface area (Å²) in [5, 5.41) is 0. The molecule has 0 amide bonds. The Morgan fingerprint density at radius 2 is 0.656 bits per heavy atom. The normalized spacial score (nSPS) is 11.8. The molecule has 1 nitrogen and oxygen atoms in total. The molecule has 0 saturated carbocycles. The SMILES string of the molecule is CCCCCCCCCN(CCCCCCCCC)CCCCCCCCCCC(C)C. The smallest absolute Gasteiger partial charge is 0.00187 e. The Bertz CT molecular complexity index is 306. The van der Waals surface area contributed by atoms with Crippen LogP contribution in [0.5, 0.6) is 0 Å². The maximum atomic E-state index is 2.82. The van der Waals surface area contributed by atoms with Crippen LogP contribution >= 0.6 is 0 Å². The van der Waals surface area contributed by atoms with Crippen LogP contribution in [0, 0.1) is 5.92 Å². The van der Waals surface area contributed by atoms with E-state index in [0.717, 1.165) is 5.92 Å². The van der Waals surface area contributed by atoms with Crippen molar-refractivity contribution >= 4 is 0 Å². The van der Waals surface area contributed by atoms with Gasteiger partial charge in [0.25, 0.3) is 0 Å². The van der Waals surface area contributed by atoms with Crippen molar-refractivity contribution in [3.63, 3.8) is 0 Å². The molecule has 0 saturated heterocycles. The minimum absolute atomic E-state index is 0.889. The van der Waals surface area contributed by atoms with Gasteiger partial charge in [-0.1, -0.05) is 156 Å². The topological polar surface area (TPSA) is 3.24 Å². The first-order chi connectivity index (χ1) is 15.7. The maximum absolute atomic E-state index is 2.82. The Balaban J connectivity index is 3.80. The Morgan fingerprint density at radius 1 is 0.375 bits per heavy atom. The molecule has 194 valence electrons. The third-order valence-corrected chi connectivity index (χ3v) is 7.16. The fourth-order valence-corrected chi connectivity index (χ4v) is 4.87. The summed E-state index contributed by atoms with van der Waals surface area (Å²) in [5.41, 5.74) is 0. The van der Waals surface area contributed by atoms with Crippen molar-refractivity contribution in [2.24, 2.45) is 5.92 Å². The number of hydrogen-bond acceptors (Lipinski definition) is 1. The highest BCUT2D eigenvalue weighted by molar-refractivity contribution is 4.61. The van der Waals surface area contributed by atoms with Crippen LogP contribution < -0.4 is 0 Å². The monoisotopic (exact) mass is 452 g/mol.